The number of aromatic nitrogens is 2. The van der Waals surface area contributed by atoms with Crippen LogP contribution < -0.4 is 20.5 Å². The topological polar surface area (TPSA) is 93.0 Å². The Bertz CT molecular complexity index is 1260. The van der Waals surface area contributed by atoms with Gasteiger partial charge in [-0.1, -0.05) is 12.1 Å². The van der Waals surface area contributed by atoms with Crippen LogP contribution in [-0.2, 0) is 9.47 Å². The lowest BCUT2D eigenvalue weighted by molar-refractivity contribution is 0.00988. The van der Waals surface area contributed by atoms with Crippen LogP contribution >= 0.6 is 11.8 Å². The number of morpholine rings is 1. The van der Waals surface area contributed by atoms with Crippen LogP contribution in [0, 0.1) is 0 Å². The Hall–Kier alpha value is -3.08. The predicted octanol–water partition coefficient (Wildman–Crippen LogP) is 3.08. The number of rotatable bonds is 6. The van der Waals surface area contributed by atoms with E-state index in [2.05, 4.69) is 37.2 Å². The van der Waals surface area contributed by atoms with Crippen molar-refractivity contribution in [3.63, 3.8) is 0 Å². The number of anilines is 4. The van der Waals surface area contributed by atoms with E-state index >= 15 is 0 Å². The highest BCUT2D eigenvalue weighted by Gasteiger charge is 2.31. The minimum absolute atomic E-state index is 0.0361. The molecule has 0 spiro atoms. The fourth-order valence-electron chi connectivity index (χ4n) is 4.46. The third kappa shape index (κ3) is 4.49. The molecule has 6 rings (SSSR count). The first-order valence-electron chi connectivity index (χ1n) is 11.8. The molecule has 1 aromatic carbocycles. The van der Waals surface area contributed by atoms with Crippen molar-refractivity contribution in [3.05, 3.63) is 64.1 Å². The molecule has 10 heteroatoms. The molecule has 35 heavy (non-hydrogen) atoms. The Kier molecular flexibility index (Phi) is 6.09. The number of benzene rings is 1. The van der Waals surface area contributed by atoms with Crippen LogP contribution in [0.25, 0.3) is 0 Å². The van der Waals surface area contributed by atoms with E-state index in [1.54, 1.807) is 24.0 Å². The van der Waals surface area contributed by atoms with Crippen molar-refractivity contribution in [1.82, 2.24) is 9.97 Å². The molecule has 1 atom stereocenters. The highest BCUT2D eigenvalue weighted by atomic mass is 32.2. The van der Waals surface area contributed by atoms with E-state index in [-0.39, 0.29) is 11.3 Å². The second kappa shape index (κ2) is 9.52. The summed E-state index contributed by atoms with van der Waals surface area (Å²) in [6, 6.07) is 12.1. The quantitative estimate of drug-likeness (QED) is 0.552. The summed E-state index contributed by atoms with van der Waals surface area (Å²) in [5, 5.41) is 3.30. The van der Waals surface area contributed by atoms with Crippen LogP contribution in [0.5, 0.6) is 0 Å². The molecular formula is C25H27N5O4S. The van der Waals surface area contributed by atoms with Gasteiger partial charge in [0.1, 0.15) is 11.6 Å². The summed E-state index contributed by atoms with van der Waals surface area (Å²) in [5.41, 5.74) is 2.05. The number of ether oxygens (including phenoxy) is 2. The van der Waals surface area contributed by atoms with E-state index in [1.165, 1.54) is 0 Å². The second-order valence-corrected chi connectivity index (χ2v) is 9.92. The maximum absolute atomic E-state index is 12.8. The van der Waals surface area contributed by atoms with Crippen molar-refractivity contribution in [1.29, 1.82) is 0 Å². The minimum atomic E-state index is 0.0361. The minimum Gasteiger partial charge on any atom is -0.443 e. The zero-order valence-corrected chi connectivity index (χ0v) is 20.3. The molecule has 0 amide bonds. The molecular weight excluding hydrogens is 466 g/mol. The number of fused-ring (bicyclic) bond motifs is 1. The van der Waals surface area contributed by atoms with E-state index < -0.39 is 0 Å². The van der Waals surface area contributed by atoms with Gasteiger partial charge in [-0.05, 0) is 23.8 Å². The van der Waals surface area contributed by atoms with Crippen molar-refractivity contribution in [3.8, 4) is 0 Å². The molecule has 2 aromatic heterocycles. The third-order valence-corrected chi connectivity index (χ3v) is 7.88. The summed E-state index contributed by atoms with van der Waals surface area (Å²) >= 11 is 1.57. The molecule has 182 valence electrons. The number of thioether (sulfide) groups is 1. The lowest BCUT2D eigenvalue weighted by Crippen LogP contribution is -2.47. The zero-order valence-electron chi connectivity index (χ0n) is 19.5. The highest BCUT2D eigenvalue weighted by molar-refractivity contribution is 7.99. The summed E-state index contributed by atoms with van der Waals surface area (Å²) in [5.74, 6) is 3.64. The van der Waals surface area contributed by atoms with E-state index in [0.717, 1.165) is 59.8 Å². The van der Waals surface area contributed by atoms with Crippen LogP contribution in [0.15, 0.2) is 56.7 Å². The Balaban J connectivity index is 1.19. The normalized spacial score (nSPS) is 19.8. The number of nitrogens with zero attached hydrogens (tertiary/aromatic N) is 4. The Morgan fingerprint density at radius 3 is 2.66 bits per heavy atom. The van der Waals surface area contributed by atoms with Crippen LogP contribution in [0.1, 0.15) is 17.2 Å². The van der Waals surface area contributed by atoms with Crippen molar-refractivity contribution in [2.24, 2.45) is 0 Å². The maximum Gasteiger partial charge on any atom is 0.229 e. The first kappa shape index (κ1) is 22.4. The van der Waals surface area contributed by atoms with E-state index in [9.17, 15) is 4.79 Å². The summed E-state index contributed by atoms with van der Waals surface area (Å²) in [7, 11) is 2.02. The molecule has 3 aromatic rings. The van der Waals surface area contributed by atoms with Gasteiger partial charge in [0.25, 0.3) is 0 Å². The van der Waals surface area contributed by atoms with Crippen molar-refractivity contribution in [2.45, 2.75) is 16.9 Å². The fraction of sp³-hybridized carbons (Fsp3) is 0.400. The smallest absolute Gasteiger partial charge is 0.229 e. The van der Waals surface area contributed by atoms with Crippen LogP contribution in [-0.4, -0.2) is 68.3 Å². The van der Waals surface area contributed by atoms with Crippen LogP contribution in [0.3, 0.4) is 0 Å². The maximum atomic E-state index is 12.8. The van der Waals surface area contributed by atoms with E-state index in [4.69, 9.17) is 13.9 Å². The molecule has 0 bridgehead atoms. The monoisotopic (exact) mass is 493 g/mol. The molecule has 9 nitrogen and oxygen atoms in total. The van der Waals surface area contributed by atoms with Gasteiger partial charge in [0.2, 0.25) is 11.4 Å². The molecule has 3 aliphatic heterocycles. The highest BCUT2D eigenvalue weighted by Crippen LogP contribution is 2.43. The van der Waals surface area contributed by atoms with E-state index in [0.29, 0.717) is 31.1 Å². The summed E-state index contributed by atoms with van der Waals surface area (Å²) in [6.45, 7) is 4.19. The predicted molar refractivity (Wildman–Crippen MR) is 135 cm³/mol. The number of hydrogen-bond acceptors (Lipinski definition) is 10. The summed E-state index contributed by atoms with van der Waals surface area (Å²) < 4.78 is 17.0. The van der Waals surface area contributed by atoms with Gasteiger partial charge in [-0.2, -0.15) is 4.98 Å². The molecule has 0 saturated carbocycles. The largest absolute Gasteiger partial charge is 0.443 e. The zero-order chi connectivity index (χ0) is 23.8. The van der Waals surface area contributed by atoms with Gasteiger partial charge in [-0.15, -0.1) is 11.8 Å². The fourth-order valence-corrected chi connectivity index (χ4v) is 5.66. The number of nitrogens with one attached hydrogen (secondary N) is 1. The van der Waals surface area contributed by atoms with Gasteiger partial charge in [-0.3, -0.25) is 4.79 Å². The third-order valence-electron chi connectivity index (χ3n) is 6.69. The Morgan fingerprint density at radius 1 is 1.11 bits per heavy atom. The Morgan fingerprint density at radius 2 is 1.91 bits per heavy atom. The standard InChI is InChI=1S/C25H27N5O4S/c1-29(18-13-33-14-18)21-6-7-26-25(28-21)27-17-4-2-16(3-5-17)19-15-35-24-20(31)12-22(34-23(19)24)30-8-10-32-11-9-30/h2-7,12,18-19H,8-11,13-15H2,1H3,(H,26,27,28). The number of hydrogen-bond donors (Lipinski definition) is 1. The molecule has 2 saturated heterocycles. The van der Waals surface area contributed by atoms with E-state index in [1.807, 2.05) is 25.2 Å². The van der Waals surface area contributed by atoms with Crippen LogP contribution in [0.2, 0.25) is 0 Å². The molecule has 1 unspecified atom stereocenters. The first-order chi connectivity index (χ1) is 17.2. The first-order valence-corrected chi connectivity index (χ1v) is 12.8. The molecule has 0 radical (unpaired) electrons. The average Bonchev–Trinajstić information content (AvgIpc) is 3.29. The summed E-state index contributed by atoms with van der Waals surface area (Å²) in [6.07, 6.45) is 1.76. The van der Waals surface area contributed by atoms with Crippen molar-refractivity contribution < 1.29 is 13.9 Å². The lowest BCUT2D eigenvalue weighted by atomic mass is 9.98. The molecule has 5 heterocycles. The van der Waals surface area contributed by atoms with Gasteiger partial charge in [0, 0.05) is 43.8 Å². The van der Waals surface area contributed by atoms with Crippen molar-refractivity contribution in [2.75, 3.05) is 67.4 Å². The van der Waals surface area contributed by atoms with Gasteiger partial charge >= 0.3 is 0 Å². The van der Waals surface area contributed by atoms with Crippen molar-refractivity contribution >= 4 is 35.1 Å². The number of likely N-dealkylation sites (N-methyl/N-ethyl adjacent to an activating group) is 1. The summed E-state index contributed by atoms with van der Waals surface area (Å²) in [4.78, 5) is 26.7. The van der Waals surface area contributed by atoms with Gasteiger partial charge in [-0.25, -0.2) is 4.98 Å². The molecule has 0 aliphatic carbocycles. The average molecular weight is 494 g/mol. The Labute approximate surface area is 207 Å². The SMILES string of the molecule is CN(c1ccnc(Nc2ccc(C3CSc4c3oc(N3CCOCC3)cc4=O)cc2)n1)C1COC1. The molecule has 1 N–H and O–H groups in total. The second-order valence-electron chi connectivity index (χ2n) is 8.89. The van der Waals surface area contributed by atoms with Crippen LogP contribution in [0.4, 0.5) is 23.3 Å². The molecule has 3 aliphatic rings. The van der Waals surface area contributed by atoms with Gasteiger partial charge in [0.05, 0.1) is 43.3 Å². The lowest BCUT2D eigenvalue weighted by Gasteiger charge is -2.35. The van der Waals surface area contributed by atoms with Gasteiger partial charge < -0.3 is 29.0 Å². The molecule has 2 fully saturated rings. The van der Waals surface area contributed by atoms with Gasteiger partial charge in [0.15, 0.2) is 5.88 Å².